The first kappa shape index (κ1) is 19.3. The molecular weight excluding hydrogens is 326 g/mol. The van der Waals surface area contributed by atoms with Crippen molar-refractivity contribution in [3.63, 3.8) is 0 Å². The van der Waals surface area contributed by atoms with Crippen LogP contribution in [0.15, 0.2) is 24.3 Å². The van der Waals surface area contributed by atoms with Gasteiger partial charge in [0.2, 0.25) is 5.91 Å². The van der Waals surface area contributed by atoms with Crippen LogP contribution in [0.2, 0.25) is 0 Å². The fraction of sp³-hybridized carbons (Fsp3) is 0.667. The molecule has 1 aromatic rings. The maximum atomic E-state index is 12.7. The van der Waals surface area contributed by atoms with Crippen molar-refractivity contribution in [2.75, 3.05) is 51.3 Å². The van der Waals surface area contributed by atoms with Gasteiger partial charge in [-0.3, -0.25) is 9.69 Å². The van der Waals surface area contributed by atoms with Crippen LogP contribution in [0.25, 0.3) is 0 Å². The van der Waals surface area contributed by atoms with Gasteiger partial charge < -0.3 is 15.0 Å². The van der Waals surface area contributed by atoms with Crippen LogP contribution < -0.4 is 5.32 Å². The van der Waals surface area contributed by atoms with Crippen LogP contribution in [0.3, 0.4) is 0 Å². The minimum absolute atomic E-state index is 0.0925. The van der Waals surface area contributed by atoms with E-state index in [-0.39, 0.29) is 11.9 Å². The number of nitrogens with zero attached hydrogens (tertiary/aromatic N) is 2. The first-order valence-electron chi connectivity index (χ1n) is 10.1. The molecule has 1 N–H and O–H groups in total. The summed E-state index contributed by atoms with van der Waals surface area (Å²) in [6.07, 6.45) is 3.31. The fourth-order valence-electron chi connectivity index (χ4n) is 3.98. The van der Waals surface area contributed by atoms with E-state index in [1.165, 1.54) is 24.9 Å². The molecule has 0 bridgehead atoms. The second-order valence-electron chi connectivity index (χ2n) is 7.57. The summed E-state index contributed by atoms with van der Waals surface area (Å²) in [6.45, 7) is 11.2. The van der Waals surface area contributed by atoms with E-state index in [4.69, 9.17) is 4.74 Å². The molecule has 0 aromatic heterocycles. The van der Waals surface area contributed by atoms with Gasteiger partial charge in [-0.2, -0.15) is 0 Å². The highest BCUT2D eigenvalue weighted by Crippen LogP contribution is 2.19. The number of rotatable bonds is 6. The van der Waals surface area contributed by atoms with Crippen molar-refractivity contribution in [2.24, 2.45) is 5.92 Å². The van der Waals surface area contributed by atoms with Crippen molar-refractivity contribution in [3.8, 4) is 0 Å². The van der Waals surface area contributed by atoms with Gasteiger partial charge in [0.1, 0.15) is 0 Å². The molecule has 5 nitrogen and oxygen atoms in total. The van der Waals surface area contributed by atoms with Crippen LogP contribution >= 0.6 is 0 Å². The summed E-state index contributed by atoms with van der Waals surface area (Å²) in [5, 5.41) is 3.13. The van der Waals surface area contributed by atoms with Crippen LogP contribution in [0.4, 0.5) is 5.69 Å². The van der Waals surface area contributed by atoms with E-state index in [9.17, 15) is 4.79 Å². The summed E-state index contributed by atoms with van der Waals surface area (Å²) in [4.78, 5) is 17.6. The van der Waals surface area contributed by atoms with Crippen molar-refractivity contribution in [3.05, 3.63) is 29.8 Å². The zero-order valence-electron chi connectivity index (χ0n) is 16.2. The number of para-hydroxylation sites is 1. The van der Waals surface area contributed by atoms with Crippen LogP contribution in [-0.4, -0.2) is 67.7 Å². The Bertz CT molecular complexity index is 578. The van der Waals surface area contributed by atoms with E-state index in [0.29, 0.717) is 0 Å². The molecule has 1 atom stereocenters. The smallest absolute Gasteiger partial charge is 0.241 e. The molecule has 1 aromatic carbocycles. The third-order valence-corrected chi connectivity index (χ3v) is 5.85. The van der Waals surface area contributed by atoms with Crippen molar-refractivity contribution < 1.29 is 9.53 Å². The number of benzene rings is 1. The van der Waals surface area contributed by atoms with Gasteiger partial charge in [-0.05, 0) is 43.7 Å². The number of carbonyl (C=O) groups excluding carboxylic acids is 1. The number of ether oxygens (including phenoxy) is 1. The zero-order valence-corrected chi connectivity index (χ0v) is 16.2. The number of aryl methyl sites for hydroxylation is 1. The van der Waals surface area contributed by atoms with Crippen LogP contribution in [0.1, 0.15) is 32.3 Å². The third kappa shape index (κ3) is 5.06. The monoisotopic (exact) mass is 359 g/mol. The molecule has 144 valence electrons. The maximum absolute atomic E-state index is 12.7. The zero-order chi connectivity index (χ0) is 18.4. The Morgan fingerprint density at radius 2 is 1.88 bits per heavy atom. The quantitative estimate of drug-likeness (QED) is 0.848. The molecule has 5 heteroatoms. The van der Waals surface area contributed by atoms with E-state index >= 15 is 0 Å². The molecule has 3 rings (SSSR count). The summed E-state index contributed by atoms with van der Waals surface area (Å²) in [5.41, 5.74) is 2.14. The van der Waals surface area contributed by atoms with Gasteiger partial charge in [-0.15, -0.1) is 0 Å². The Kier molecular flexibility index (Phi) is 7.06. The first-order valence-corrected chi connectivity index (χ1v) is 10.1. The Morgan fingerprint density at radius 1 is 1.19 bits per heavy atom. The lowest BCUT2D eigenvalue weighted by Crippen LogP contribution is -2.53. The highest BCUT2D eigenvalue weighted by molar-refractivity contribution is 5.95. The molecular formula is C21H33N3O2. The first-order chi connectivity index (χ1) is 12.7. The molecule has 0 spiro atoms. The summed E-state index contributed by atoms with van der Waals surface area (Å²) in [7, 11) is 0. The van der Waals surface area contributed by atoms with Gasteiger partial charge in [-0.25, -0.2) is 0 Å². The minimum Gasteiger partial charge on any atom is -0.381 e. The molecule has 2 fully saturated rings. The predicted molar refractivity (Wildman–Crippen MR) is 105 cm³/mol. The molecule has 2 aliphatic heterocycles. The second kappa shape index (κ2) is 9.49. The maximum Gasteiger partial charge on any atom is 0.241 e. The highest BCUT2D eigenvalue weighted by atomic mass is 16.5. The number of nitrogens with one attached hydrogen (secondary N) is 1. The van der Waals surface area contributed by atoms with E-state index in [1.807, 2.05) is 25.1 Å². The van der Waals surface area contributed by atoms with Gasteiger partial charge in [0.25, 0.3) is 0 Å². The van der Waals surface area contributed by atoms with Gasteiger partial charge >= 0.3 is 0 Å². The molecule has 2 aliphatic rings. The predicted octanol–water partition coefficient (Wildman–Crippen LogP) is 2.62. The second-order valence-corrected chi connectivity index (χ2v) is 7.57. The summed E-state index contributed by atoms with van der Waals surface area (Å²) in [6, 6.07) is 7.99. The number of piperazine rings is 1. The largest absolute Gasteiger partial charge is 0.381 e. The lowest BCUT2D eigenvalue weighted by atomic mass is 9.99. The standard InChI is InChI=1S/C21H33N3O2/c1-3-19-6-4-5-7-20(19)22-21(25)17(2)24-12-10-23(11-13-24)16-18-8-14-26-15-9-18/h4-7,17-18H,3,8-16H2,1-2H3,(H,22,25)/t17-/m0/s1. The average Bonchev–Trinajstić information content (AvgIpc) is 2.69. The molecule has 26 heavy (non-hydrogen) atoms. The molecule has 0 radical (unpaired) electrons. The van der Waals surface area contributed by atoms with E-state index in [0.717, 1.165) is 57.4 Å². The van der Waals surface area contributed by atoms with Gasteiger partial charge in [-0.1, -0.05) is 25.1 Å². The van der Waals surface area contributed by atoms with E-state index < -0.39 is 0 Å². The van der Waals surface area contributed by atoms with E-state index in [1.54, 1.807) is 0 Å². The third-order valence-electron chi connectivity index (χ3n) is 5.85. The molecule has 2 heterocycles. The number of hydrogen-bond donors (Lipinski definition) is 1. The highest BCUT2D eigenvalue weighted by Gasteiger charge is 2.27. The topological polar surface area (TPSA) is 44.8 Å². The number of carbonyl (C=O) groups is 1. The summed E-state index contributed by atoms with van der Waals surface area (Å²) in [5.74, 6) is 0.880. The van der Waals surface area contributed by atoms with Crippen LogP contribution in [0.5, 0.6) is 0 Å². The molecule has 1 amide bonds. The minimum atomic E-state index is -0.0925. The summed E-state index contributed by atoms with van der Waals surface area (Å²) < 4.78 is 5.46. The van der Waals surface area contributed by atoms with Crippen molar-refractivity contribution in [1.29, 1.82) is 0 Å². The Morgan fingerprint density at radius 3 is 2.58 bits per heavy atom. The molecule has 0 unspecified atom stereocenters. The summed E-state index contributed by atoms with van der Waals surface area (Å²) >= 11 is 0. The fourth-order valence-corrected chi connectivity index (χ4v) is 3.98. The van der Waals surface area contributed by atoms with E-state index in [2.05, 4.69) is 28.1 Å². The SMILES string of the molecule is CCc1ccccc1NC(=O)[C@H](C)N1CCN(CC2CCOCC2)CC1. The van der Waals surface area contributed by atoms with Crippen molar-refractivity contribution in [1.82, 2.24) is 9.80 Å². The molecule has 2 saturated heterocycles. The number of amides is 1. The number of hydrogen-bond acceptors (Lipinski definition) is 4. The van der Waals surface area contributed by atoms with Crippen molar-refractivity contribution >= 4 is 11.6 Å². The average molecular weight is 360 g/mol. The Labute approximate surface area is 157 Å². The molecule has 0 saturated carbocycles. The molecule has 0 aliphatic carbocycles. The lowest BCUT2D eigenvalue weighted by Gasteiger charge is -2.39. The van der Waals surface area contributed by atoms with Gasteiger partial charge in [0, 0.05) is 51.6 Å². The van der Waals surface area contributed by atoms with Crippen LogP contribution in [-0.2, 0) is 16.0 Å². The number of anilines is 1. The van der Waals surface area contributed by atoms with Gasteiger partial charge in [0.05, 0.1) is 6.04 Å². The van der Waals surface area contributed by atoms with Gasteiger partial charge in [0.15, 0.2) is 0 Å². The Balaban J connectivity index is 1.46. The normalized spacial score (nSPS) is 21.5. The lowest BCUT2D eigenvalue weighted by molar-refractivity contribution is -0.121. The van der Waals surface area contributed by atoms with Crippen molar-refractivity contribution in [2.45, 2.75) is 39.2 Å². The van der Waals surface area contributed by atoms with Crippen LogP contribution in [0, 0.1) is 5.92 Å². The Hall–Kier alpha value is -1.43.